The van der Waals surface area contributed by atoms with E-state index in [1.807, 2.05) is 48.3 Å². The molecular formula is C46H30N2S. The number of pyridine rings is 2. The first-order valence-corrected chi connectivity index (χ1v) is 17.3. The number of hydrogen-bond donors (Lipinski definition) is 0. The van der Waals surface area contributed by atoms with Crippen LogP contribution in [0.4, 0.5) is 0 Å². The quantitative estimate of drug-likeness (QED) is 0.180. The molecular weight excluding hydrogens is 613 g/mol. The fourth-order valence-corrected chi connectivity index (χ4v) is 8.38. The van der Waals surface area contributed by atoms with Crippen LogP contribution in [0.15, 0.2) is 183 Å². The minimum Gasteiger partial charge on any atom is -0.264 e. The van der Waals surface area contributed by atoms with Gasteiger partial charge >= 0.3 is 0 Å². The predicted molar refractivity (Wildman–Crippen MR) is 208 cm³/mol. The summed E-state index contributed by atoms with van der Waals surface area (Å²) in [5, 5.41) is 2.58. The Morgan fingerprint density at radius 3 is 1.16 bits per heavy atom. The van der Waals surface area contributed by atoms with Gasteiger partial charge in [0.1, 0.15) is 0 Å². The van der Waals surface area contributed by atoms with E-state index >= 15 is 0 Å². The standard InChI is InChI=1S/C46H30N2S/c1-2-12-31(13-3-1)41-20-8-22-43-44-23-9-21-42(46(44)49-45(41)43)36-27-34(39-18-6-4-16-37(39)32-14-10-24-47-29-32)26-35(28-36)40-19-7-5-17-38(40)33-15-11-25-48-30-33/h1-30H. The van der Waals surface area contributed by atoms with E-state index in [9.17, 15) is 0 Å². The number of hydrogen-bond acceptors (Lipinski definition) is 3. The van der Waals surface area contributed by atoms with E-state index in [-0.39, 0.29) is 0 Å². The molecule has 0 spiro atoms. The SMILES string of the molecule is c1ccc(-c2cccc3c2sc2c(-c4cc(-c5ccccc5-c5cccnc5)cc(-c5ccccc5-c5cccnc5)c4)cccc23)cc1. The van der Waals surface area contributed by atoms with Gasteiger partial charge in [-0.3, -0.25) is 9.97 Å². The molecule has 230 valence electrons. The van der Waals surface area contributed by atoms with E-state index in [1.165, 1.54) is 53.6 Å². The molecule has 0 radical (unpaired) electrons. The minimum atomic E-state index is 1.10. The second kappa shape index (κ2) is 12.5. The number of rotatable bonds is 6. The molecule has 49 heavy (non-hydrogen) atoms. The number of nitrogens with zero attached hydrogens (tertiary/aromatic N) is 2. The molecule has 0 atom stereocenters. The summed E-state index contributed by atoms with van der Waals surface area (Å²) in [4.78, 5) is 8.90. The molecule has 3 aromatic heterocycles. The summed E-state index contributed by atoms with van der Waals surface area (Å²) in [7, 11) is 0. The van der Waals surface area contributed by atoms with Crippen molar-refractivity contribution in [2.45, 2.75) is 0 Å². The average Bonchev–Trinajstić information content (AvgIpc) is 3.58. The molecule has 0 amide bonds. The van der Waals surface area contributed by atoms with Crippen LogP contribution in [0.1, 0.15) is 0 Å². The van der Waals surface area contributed by atoms with Crippen molar-refractivity contribution in [1.82, 2.24) is 9.97 Å². The lowest BCUT2D eigenvalue weighted by Gasteiger charge is -2.16. The van der Waals surface area contributed by atoms with Crippen LogP contribution in [-0.2, 0) is 0 Å². The predicted octanol–water partition coefficient (Wildman–Crippen LogP) is 12.8. The molecule has 0 aliphatic rings. The van der Waals surface area contributed by atoms with Crippen LogP contribution in [0.2, 0.25) is 0 Å². The van der Waals surface area contributed by atoms with E-state index in [4.69, 9.17) is 0 Å². The average molecular weight is 643 g/mol. The maximum absolute atomic E-state index is 4.45. The van der Waals surface area contributed by atoms with Crippen LogP contribution in [0, 0.1) is 0 Å². The van der Waals surface area contributed by atoms with Gasteiger partial charge in [-0.05, 0) is 86.0 Å². The fourth-order valence-electron chi connectivity index (χ4n) is 7.00. The molecule has 9 aromatic rings. The Labute approximate surface area is 289 Å². The Hall–Kier alpha value is -6.16. The Bertz CT molecular complexity index is 2490. The van der Waals surface area contributed by atoms with E-state index in [1.54, 1.807) is 0 Å². The number of benzene rings is 6. The van der Waals surface area contributed by atoms with Crippen molar-refractivity contribution in [3.05, 3.63) is 183 Å². The second-order valence-corrected chi connectivity index (χ2v) is 13.2. The first-order chi connectivity index (χ1) is 24.3. The molecule has 9 rings (SSSR count). The summed E-state index contributed by atoms with van der Waals surface area (Å²) >= 11 is 1.89. The minimum absolute atomic E-state index is 1.10. The zero-order valence-electron chi connectivity index (χ0n) is 26.6. The maximum Gasteiger partial charge on any atom is 0.0434 e. The van der Waals surface area contributed by atoms with Crippen LogP contribution < -0.4 is 0 Å². The topological polar surface area (TPSA) is 25.8 Å². The lowest BCUT2D eigenvalue weighted by atomic mass is 9.88. The molecule has 0 unspecified atom stereocenters. The van der Waals surface area contributed by atoms with Crippen molar-refractivity contribution >= 4 is 31.5 Å². The van der Waals surface area contributed by atoms with Crippen molar-refractivity contribution in [1.29, 1.82) is 0 Å². The molecule has 0 aliphatic carbocycles. The third-order valence-corrected chi connectivity index (χ3v) is 10.6. The molecule has 3 heterocycles. The molecule has 2 nitrogen and oxygen atoms in total. The number of aromatic nitrogens is 2. The van der Waals surface area contributed by atoms with Gasteiger partial charge in [0.2, 0.25) is 0 Å². The molecule has 0 bridgehead atoms. The van der Waals surface area contributed by atoms with Gasteiger partial charge in [-0.2, -0.15) is 0 Å². The highest BCUT2D eigenvalue weighted by Crippen LogP contribution is 2.46. The van der Waals surface area contributed by atoms with E-state index in [0.29, 0.717) is 0 Å². The van der Waals surface area contributed by atoms with E-state index < -0.39 is 0 Å². The summed E-state index contributed by atoms with van der Waals surface area (Å²) in [5.74, 6) is 0. The molecule has 0 saturated carbocycles. The van der Waals surface area contributed by atoms with Gasteiger partial charge in [0, 0.05) is 56.1 Å². The van der Waals surface area contributed by atoms with Crippen molar-refractivity contribution in [2.75, 3.05) is 0 Å². The highest BCUT2D eigenvalue weighted by atomic mass is 32.1. The van der Waals surface area contributed by atoms with Crippen molar-refractivity contribution < 1.29 is 0 Å². The molecule has 3 heteroatoms. The summed E-state index contributed by atoms with van der Waals surface area (Å²) in [5.41, 5.74) is 14.1. The first kappa shape index (κ1) is 29.0. The van der Waals surface area contributed by atoms with Crippen molar-refractivity contribution in [3.8, 4) is 66.8 Å². The van der Waals surface area contributed by atoms with Crippen molar-refractivity contribution in [3.63, 3.8) is 0 Å². The monoisotopic (exact) mass is 642 g/mol. The zero-order valence-corrected chi connectivity index (χ0v) is 27.4. The van der Waals surface area contributed by atoms with E-state index in [0.717, 1.165) is 33.4 Å². The highest BCUT2D eigenvalue weighted by Gasteiger charge is 2.17. The van der Waals surface area contributed by atoms with Crippen LogP contribution in [0.3, 0.4) is 0 Å². The van der Waals surface area contributed by atoms with Gasteiger partial charge in [0.05, 0.1) is 0 Å². The van der Waals surface area contributed by atoms with Crippen LogP contribution in [0.25, 0.3) is 86.9 Å². The number of fused-ring (bicyclic) bond motifs is 3. The van der Waals surface area contributed by atoms with Crippen molar-refractivity contribution in [2.24, 2.45) is 0 Å². The summed E-state index contributed by atoms with van der Waals surface area (Å²) in [6.07, 6.45) is 7.55. The fraction of sp³-hybridized carbons (Fsp3) is 0. The Morgan fingerprint density at radius 1 is 0.306 bits per heavy atom. The molecule has 0 aliphatic heterocycles. The Kier molecular flexibility index (Phi) is 7.38. The third-order valence-electron chi connectivity index (χ3n) is 9.27. The lowest BCUT2D eigenvalue weighted by molar-refractivity contribution is 1.33. The summed E-state index contributed by atoms with van der Waals surface area (Å²) in [6.45, 7) is 0. The molecule has 0 N–H and O–H groups in total. The van der Waals surface area contributed by atoms with Crippen LogP contribution in [-0.4, -0.2) is 9.97 Å². The second-order valence-electron chi connectivity index (χ2n) is 12.2. The molecule has 0 fully saturated rings. The van der Waals surface area contributed by atoms with E-state index in [2.05, 4.69) is 156 Å². The normalized spacial score (nSPS) is 11.3. The van der Waals surface area contributed by atoms with Gasteiger partial charge in [-0.25, -0.2) is 0 Å². The smallest absolute Gasteiger partial charge is 0.0434 e. The van der Waals surface area contributed by atoms with Crippen LogP contribution >= 0.6 is 11.3 Å². The molecule has 6 aromatic carbocycles. The van der Waals surface area contributed by atoms with Gasteiger partial charge in [-0.15, -0.1) is 11.3 Å². The zero-order chi connectivity index (χ0) is 32.6. The third kappa shape index (κ3) is 5.31. The summed E-state index contributed by atoms with van der Waals surface area (Å²) < 4.78 is 2.61. The van der Waals surface area contributed by atoms with Gasteiger partial charge in [0.25, 0.3) is 0 Å². The Morgan fingerprint density at radius 2 is 0.694 bits per heavy atom. The van der Waals surface area contributed by atoms with Crippen LogP contribution in [0.5, 0.6) is 0 Å². The van der Waals surface area contributed by atoms with Gasteiger partial charge in [-0.1, -0.05) is 127 Å². The Balaban J connectivity index is 1.31. The maximum atomic E-state index is 4.45. The highest BCUT2D eigenvalue weighted by molar-refractivity contribution is 7.26. The van der Waals surface area contributed by atoms with Gasteiger partial charge in [0.15, 0.2) is 0 Å². The first-order valence-electron chi connectivity index (χ1n) is 16.5. The number of thiophene rings is 1. The van der Waals surface area contributed by atoms with Gasteiger partial charge < -0.3 is 0 Å². The lowest BCUT2D eigenvalue weighted by Crippen LogP contribution is -1.91. The largest absolute Gasteiger partial charge is 0.264 e. The molecule has 0 saturated heterocycles. The summed E-state index contributed by atoms with van der Waals surface area (Å²) in [6, 6.07) is 56.8.